The van der Waals surface area contributed by atoms with Gasteiger partial charge in [-0.25, -0.2) is 8.42 Å². The van der Waals surface area contributed by atoms with E-state index in [0.717, 1.165) is 36.8 Å². The fourth-order valence-corrected chi connectivity index (χ4v) is 7.54. The number of carbonyl (C=O) groups excluding carboxylic acids is 4. The van der Waals surface area contributed by atoms with Crippen molar-refractivity contribution in [2.24, 2.45) is 11.7 Å². The molecular formula is C43H55F3N6O11S. The minimum atomic E-state index is -4.91. The third kappa shape index (κ3) is 17.6. The summed E-state index contributed by atoms with van der Waals surface area (Å²) in [5.41, 5.74) is 2.02. The number of aliphatic hydroxyl groups excluding tert-OH is 1. The lowest BCUT2D eigenvalue weighted by molar-refractivity contribution is -0.138. The number of nitrogens with one attached hydrogen (secondary N) is 4. The van der Waals surface area contributed by atoms with E-state index in [1.165, 1.54) is 18.2 Å². The molecule has 17 nitrogen and oxygen atoms in total. The Hall–Kier alpha value is -5.47. The van der Waals surface area contributed by atoms with Crippen LogP contribution in [0.2, 0.25) is 0 Å². The Morgan fingerprint density at radius 1 is 0.844 bits per heavy atom. The average molecular weight is 921 g/mol. The summed E-state index contributed by atoms with van der Waals surface area (Å²) in [6.45, 7) is 6.18. The van der Waals surface area contributed by atoms with Crippen molar-refractivity contribution in [3.63, 3.8) is 0 Å². The fourth-order valence-electron chi connectivity index (χ4n) is 5.95. The minimum Gasteiger partial charge on any atom is -0.382 e. The zero-order valence-electron chi connectivity index (χ0n) is 35.7. The quantitative estimate of drug-likeness (QED) is 0.0570. The molecule has 0 fully saturated rings. The minimum absolute atomic E-state index is 0.0759. The molecule has 4 atom stereocenters. The molecule has 0 bridgehead atoms. The summed E-state index contributed by atoms with van der Waals surface area (Å²) in [4.78, 5) is 50.5. The van der Waals surface area contributed by atoms with Crippen LogP contribution in [-0.2, 0) is 51.0 Å². The van der Waals surface area contributed by atoms with Crippen LogP contribution in [0, 0.1) is 17.2 Å². The van der Waals surface area contributed by atoms with E-state index in [2.05, 4.69) is 21.3 Å². The van der Waals surface area contributed by atoms with E-state index in [0.29, 0.717) is 12.5 Å². The number of hydrogen-bond acceptors (Lipinski definition) is 13. The van der Waals surface area contributed by atoms with Gasteiger partial charge < -0.3 is 51.4 Å². The standard InChI is InChI=1S/C43H55F3N6O11S/c1-28(2)23-36(52-40(56)37(53)35(48)24-29-7-5-4-6-8-29)39(55)50-16-18-62-20-22-63-21-19-61-17-15-49-38(54)30-10-13-33(14-11-30)64(59,60)27-42(3,58)41(57)51-32-12-9-31(26-47)34(25-32)43(44,45)46/h4-14,25,28,35-37,53,58H,15-24,27,48H2,1-3H3,(H,49,54)(H,50,55)(H,51,57)(H,52,56). The van der Waals surface area contributed by atoms with E-state index < -0.39 is 86.0 Å². The van der Waals surface area contributed by atoms with E-state index in [-0.39, 0.29) is 75.5 Å². The van der Waals surface area contributed by atoms with Gasteiger partial charge in [0.1, 0.15) is 12.1 Å². The van der Waals surface area contributed by atoms with Gasteiger partial charge in [-0.05, 0) is 73.7 Å². The molecule has 0 heterocycles. The molecule has 64 heavy (non-hydrogen) atoms. The Bertz CT molecular complexity index is 2150. The highest BCUT2D eigenvalue weighted by molar-refractivity contribution is 7.91. The first-order valence-electron chi connectivity index (χ1n) is 20.2. The second kappa shape index (κ2) is 25.1. The van der Waals surface area contributed by atoms with Crippen LogP contribution in [0.15, 0.2) is 77.7 Å². The van der Waals surface area contributed by atoms with Gasteiger partial charge in [0.2, 0.25) is 5.91 Å². The van der Waals surface area contributed by atoms with Gasteiger partial charge in [0.25, 0.3) is 17.7 Å². The molecule has 0 aliphatic rings. The maximum absolute atomic E-state index is 13.3. The first-order valence-corrected chi connectivity index (χ1v) is 21.8. The molecule has 0 aliphatic carbocycles. The first-order chi connectivity index (χ1) is 30.1. The molecule has 3 aromatic rings. The van der Waals surface area contributed by atoms with E-state index in [1.807, 2.05) is 44.2 Å². The van der Waals surface area contributed by atoms with Gasteiger partial charge in [-0.1, -0.05) is 44.2 Å². The summed E-state index contributed by atoms with van der Waals surface area (Å²) in [7, 11) is -4.35. The summed E-state index contributed by atoms with van der Waals surface area (Å²) in [6.07, 6.45) is -5.78. The van der Waals surface area contributed by atoms with Crippen molar-refractivity contribution >= 4 is 39.2 Å². The van der Waals surface area contributed by atoms with Crippen LogP contribution in [0.4, 0.5) is 18.9 Å². The van der Waals surface area contributed by atoms with Gasteiger partial charge in [-0.15, -0.1) is 0 Å². The predicted octanol–water partition coefficient (Wildman–Crippen LogP) is 2.10. The number of ether oxygens (including phenoxy) is 3. The Labute approximate surface area is 369 Å². The predicted molar refractivity (Wildman–Crippen MR) is 227 cm³/mol. The van der Waals surface area contributed by atoms with Gasteiger partial charge in [-0.3, -0.25) is 19.2 Å². The highest BCUT2D eigenvalue weighted by Crippen LogP contribution is 2.34. The van der Waals surface area contributed by atoms with Crippen molar-refractivity contribution in [2.75, 3.05) is 63.8 Å². The highest BCUT2D eigenvalue weighted by atomic mass is 32.2. The maximum Gasteiger partial charge on any atom is 0.417 e. The van der Waals surface area contributed by atoms with Crippen LogP contribution >= 0.6 is 0 Å². The van der Waals surface area contributed by atoms with Gasteiger partial charge in [0, 0.05) is 30.4 Å². The number of amides is 4. The van der Waals surface area contributed by atoms with E-state index in [4.69, 9.17) is 25.2 Å². The number of halogens is 3. The number of carbonyl (C=O) groups is 4. The molecule has 0 saturated heterocycles. The fraction of sp³-hybridized carbons (Fsp3) is 0.465. The molecule has 8 N–H and O–H groups in total. The number of hydrogen-bond donors (Lipinski definition) is 7. The number of rotatable bonds is 26. The van der Waals surface area contributed by atoms with Crippen molar-refractivity contribution in [3.8, 4) is 6.07 Å². The van der Waals surface area contributed by atoms with Gasteiger partial charge >= 0.3 is 6.18 Å². The number of nitrogens with zero attached hydrogens (tertiary/aromatic N) is 1. The number of anilines is 1. The Kier molecular flexibility index (Phi) is 20.8. The van der Waals surface area contributed by atoms with Gasteiger partial charge in [-0.2, -0.15) is 18.4 Å². The number of nitriles is 1. The number of sulfone groups is 1. The normalized spacial score (nSPS) is 14.1. The Morgan fingerprint density at radius 3 is 1.98 bits per heavy atom. The Morgan fingerprint density at radius 2 is 1.42 bits per heavy atom. The zero-order valence-corrected chi connectivity index (χ0v) is 36.5. The largest absolute Gasteiger partial charge is 0.417 e. The average Bonchev–Trinajstić information content (AvgIpc) is 3.24. The van der Waals surface area contributed by atoms with Crippen LogP contribution in [-0.4, -0.2) is 125 Å². The van der Waals surface area contributed by atoms with Crippen molar-refractivity contribution in [2.45, 2.75) is 68.5 Å². The van der Waals surface area contributed by atoms with Crippen LogP contribution in [0.1, 0.15) is 54.2 Å². The molecule has 3 aromatic carbocycles. The molecule has 0 aliphatic heterocycles. The van der Waals surface area contributed by atoms with E-state index >= 15 is 0 Å². The third-order valence-corrected chi connectivity index (χ3v) is 11.2. The van der Waals surface area contributed by atoms with Crippen LogP contribution in [0.25, 0.3) is 0 Å². The molecule has 21 heteroatoms. The molecule has 0 aromatic heterocycles. The topological polar surface area (TPSA) is 268 Å². The molecule has 350 valence electrons. The molecule has 0 spiro atoms. The molecule has 4 unspecified atom stereocenters. The van der Waals surface area contributed by atoms with Crippen molar-refractivity contribution in [1.82, 2.24) is 16.0 Å². The second-order valence-corrected chi connectivity index (χ2v) is 17.2. The maximum atomic E-state index is 13.3. The van der Waals surface area contributed by atoms with Crippen molar-refractivity contribution in [1.29, 1.82) is 5.26 Å². The van der Waals surface area contributed by atoms with E-state index in [1.54, 1.807) is 0 Å². The molecule has 3 rings (SSSR count). The lowest BCUT2D eigenvalue weighted by Gasteiger charge is -2.24. The first kappa shape index (κ1) is 52.9. The zero-order chi connectivity index (χ0) is 47.5. The SMILES string of the molecule is CC(C)CC(NC(=O)C(O)C(N)Cc1ccccc1)C(=O)NCCOCCOCCOCCNC(=O)c1ccc(S(=O)(=O)CC(C)(O)C(=O)Nc2ccc(C#N)c(C(F)(F)F)c2)cc1. The van der Waals surface area contributed by atoms with Gasteiger partial charge in [0.05, 0.1) is 67.5 Å². The summed E-state index contributed by atoms with van der Waals surface area (Å²) >= 11 is 0. The smallest absolute Gasteiger partial charge is 0.382 e. The highest BCUT2D eigenvalue weighted by Gasteiger charge is 2.38. The van der Waals surface area contributed by atoms with Gasteiger partial charge in [0.15, 0.2) is 15.4 Å². The summed E-state index contributed by atoms with van der Waals surface area (Å²) in [6, 6.07) is 15.9. The van der Waals surface area contributed by atoms with Crippen molar-refractivity contribution < 1.29 is 65.2 Å². The number of benzene rings is 3. The number of alkyl halides is 3. The summed E-state index contributed by atoms with van der Waals surface area (Å²) < 4.78 is 82.4. The second-order valence-electron chi connectivity index (χ2n) is 15.3. The molecular weight excluding hydrogens is 866 g/mol. The van der Waals surface area contributed by atoms with Crippen LogP contribution < -0.4 is 27.0 Å². The number of aliphatic hydroxyl groups is 2. The lowest BCUT2D eigenvalue weighted by atomic mass is 10.00. The summed E-state index contributed by atoms with van der Waals surface area (Å²) in [5.74, 6) is -4.06. The van der Waals surface area contributed by atoms with Crippen LogP contribution in [0.5, 0.6) is 0 Å². The molecule has 0 radical (unpaired) electrons. The van der Waals surface area contributed by atoms with Crippen LogP contribution in [0.3, 0.4) is 0 Å². The molecule has 4 amide bonds. The molecule has 0 saturated carbocycles. The van der Waals surface area contributed by atoms with E-state index in [9.17, 15) is 51.0 Å². The Balaban J connectivity index is 1.28. The summed E-state index contributed by atoms with van der Waals surface area (Å²) in [5, 5.41) is 40.1. The lowest BCUT2D eigenvalue weighted by Crippen LogP contribution is -2.54. The number of nitrogens with two attached hydrogens (primary N) is 1. The third-order valence-electron chi connectivity index (χ3n) is 9.29. The monoisotopic (exact) mass is 920 g/mol. The van der Waals surface area contributed by atoms with Crippen molar-refractivity contribution in [3.05, 3.63) is 95.1 Å².